The number of amides is 2. The summed E-state index contributed by atoms with van der Waals surface area (Å²) < 4.78 is 5.06. The number of aliphatic carboxylic acids is 1. The fraction of sp³-hybridized carbons (Fsp3) is 0.115. The molecular formula is C26H24N6O5S. The molecule has 38 heavy (non-hydrogen) atoms. The maximum atomic E-state index is 12.7. The normalized spacial score (nSPS) is 11.3. The average Bonchev–Trinajstić information content (AvgIpc) is 3.41. The molecule has 2 aromatic heterocycles. The molecular weight excluding hydrogens is 508 g/mol. The first-order chi connectivity index (χ1) is 18.4. The summed E-state index contributed by atoms with van der Waals surface area (Å²) in [6.07, 6.45) is -0.907. The van der Waals surface area contributed by atoms with Gasteiger partial charge in [-0.15, -0.1) is 11.3 Å². The SMILES string of the molecule is Nc1nc(Nc2ccccc2)cc(-c2ccc(C(=O)NC[C@H](NC(=O)OCc3ccccc3)C(=O)O)s2)n1. The van der Waals surface area contributed by atoms with Crippen molar-refractivity contribution in [2.75, 3.05) is 17.6 Å². The van der Waals surface area contributed by atoms with Crippen LogP contribution < -0.4 is 21.7 Å². The largest absolute Gasteiger partial charge is 0.480 e. The Morgan fingerprint density at radius 1 is 0.974 bits per heavy atom. The van der Waals surface area contributed by atoms with E-state index in [0.717, 1.165) is 22.6 Å². The molecule has 0 spiro atoms. The molecule has 12 heteroatoms. The maximum Gasteiger partial charge on any atom is 0.408 e. The van der Waals surface area contributed by atoms with Gasteiger partial charge in [0, 0.05) is 18.3 Å². The molecule has 0 aliphatic rings. The summed E-state index contributed by atoms with van der Waals surface area (Å²) in [6, 6.07) is 22.0. The highest BCUT2D eigenvalue weighted by Crippen LogP contribution is 2.29. The number of carbonyl (C=O) groups excluding carboxylic acids is 2. The number of alkyl carbamates (subject to hydrolysis) is 1. The Morgan fingerprint density at radius 3 is 2.39 bits per heavy atom. The minimum atomic E-state index is -1.38. The van der Waals surface area contributed by atoms with Gasteiger partial charge in [-0.3, -0.25) is 4.79 Å². The predicted octanol–water partition coefficient (Wildman–Crippen LogP) is 3.64. The van der Waals surface area contributed by atoms with Gasteiger partial charge in [-0.2, -0.15) is 4.98 Å². The Balaban J connectivity index is 1.35. The van der Waals surface area contributed by atoms with Crippen LogP contribution in [-0.4, -0.2) is 45.6 Å². The number of aromatic nitrogens is 2. The molecule has 0 radical (unpaired) electrons. The van der Waals surface area contributed by atoms with Crippen LogP contribution in [0.25, 0.3) is 10.6 Å². The Kier molecular flexibility index (Phi) is 8.46. The van der Waals surface area contributed by atoms with Gasteiger partial charge in [0.15, 0.2) is 0 Å². The molecule has 2 heterocycles. The van der Waals surface area contributed by atoms with Crippen LogP contribution in [0.15, 0.2) is 78.9 Å². The zero-order chi connectivity index (χ0) is 26.9. The minimum absolute atomic E-state index is 0.0144. The third-order valence-electron chi connectivity index (χ3n) is 5.14. The van der Waals surface area contributed by atoms with Gasteiger partial charge in [-0.25, -0.2) is 14.6 Å². The Hall–Kier alpha value is -4.97. The molecule has 0 saturated carbocycles. The van der Waals surface area contributed by atoms with Crippen molar-refractivity contribution in [2.45, 2.75) is 12.6 Å². The number of benzene rings is 2. The number of ether oxygens (including phenoxy) is 1. The molecule has 0 saturated heterocycles. The van der Waals surface area contributed by atoms with Crippen LogP contribution in [0.4, 0.5) is 22.2 Å². The van der Waals surface area contributed by atoms with Crippen molar-refractivity contribution in [1.29, 1.82) is 0 Å². The molecule has 0 unspecified atom stereocenters. The number of carboxylic acid groups (broad SMARTS) is 1. The van der Waals surface area contributed by atoms with E-state index in [2.05, 4.69) is 25.9 Å². The number of hydrogen-bond acceptors (Lipinski definition) is 9. The number of nitrogen functional groups attached to an aromatic ring is 1. The Labute approximate surface area is 221 Å². The van der Waals surface area contributed by atoms with E-state index in [4.69, 9.17) is 10.5 Å². The van der Waals surface area contributed by atoms with Gasteiger partial charge in [-0.05, 0) is 29.8 Å². The number of carboxylic acids is 1. The van der Waals surface area contributed by atoms with Gasteiger partial charge in [0.05, 0.1) is 15.4 Å². The monoisotopic (exact) mass is 532 g/mol. The first-order valence-corrected chi connectivity index (χ1v) is 12.2. The van der Waals surface area contributed by atoms with Crippen molar-refractivity contribution in [3.05, 3.63) is 89.3 Å². The number of nitrogens with two attached hydrogens (primary N) is 1. The molecule has 0 bridgehead atoms. The number of nitrogens with one attached hydrogen (secondary N) is 3. The summed E-state index contributed by atoms with van der Waals surface area (Å²) in [6.45, 7) is -0.354. The highest BCUT2D eigenvalue weighted by Gasteiger charge is 2.22. The second-order valence-electron chi connectivity index (χ2n) is 7.96. The molecule has 2 aromatic carbocycles. The lowest BCUT2D eigenvalue weighted by atomic mass is 10.2. The quantitative estimate of drug-likeness (QED) is 0.205. The van der Waals surface area contributed by atoms with E-state index in [1.165, 1.54) is 0 Å². The van der Waals surface area contributed by atoms with E-state index >= 15 is 0 Å². The van der Waals surface area contributed by atoms with Gasteiger partial charge >= 0.3 is 12.1 Å². The van der Waals surface area contributed by atoms with E-state index in [1.807, 2.05) is 36.4 Å². The number of anilines is 3. The highest BCUT2D eigenvalue weighted by atomic mass is 32.1. The molecule has 0 aliphatic carbocycles. The van der Waals surface area contributed by atoms with E-state index in [1.54, 1.807) is 42.5 Å². The van der Waals surface area contributed by atoms with Crippen LogP contribution in [0, 0.1) is 0 Å². The maximum absolute atomic E-state index is 12.7. The molecule has 194 valence electrons. The second-order valence-corrected chi connectivity index (χ2v) is 9.04. The van der Waals surface area contributed by atoms with Crippen LogP contribution in [0.1, 0.15) is 15.2 Å². The Morgan fingerprint density at radius 2 is 1.68 bits per heavy atom. The number of hydrogen-bond donors (Lipinski definition) is 5. The first-order valence-electron chi connectivity index (χ1n) is 11.4. The number of para-hydroxylation sites is 1. The molecule has 4 aromatic rings. The van der Waals surface area contributed by atoms with Crippen molar-refractivity contribution in [2.24, 2.45) is 0 Å². The van der Waals surface area contributed by atoms with Crippen LogP contribution in [-0.2, 0) is 16.1 Å². The lowest BCUT2D eigenvalue weighted by Gasteiger charge is -2.15. The van der Waals surface area contributed by atoms with Crippen LogP contribution in [0.3, 0.4) is 0 Å². The molecule has 2 amide bonds. The first kappa shape index (κ1) is 26.1. The summed E-state index contributed by atoms with van der Waals surface area (Å²) in [5, 5.41) is 17.4. The van der Waals surface area contributed by atoms with Crippen molar-refractivity contribution < 1.29 is 24.2 Å². The summed E-state index contributed by atoms with van der Waals surface area (Å²) in [7, 11) is 0. The predicted molar refractivity (Wildman–Crippen MR) is 143 cm³/mol. The average molecular weight is 533 g/mol. The van der Waals surface area contributed by atoms with E-state index < -0.39 is 24.0 Å². The fourth-order valence-electron chi connectivity index (χ4n) is 3.31. The van der Waals surface area contributed by atoms with Crippen LogP contribution in [0.2, 0.25) is 0 Å². The zero-order valence-corrected chi connectivity index (χ0v) is 20.8. The molecule has 0 aliphatic heterocycles. The standard InChI is InChI=1S/C26H24N6O5S/c27-25-30-18(13-22(32-25)29-17-9-5-2-6-10-17)20-11-12-21(38-20)23(33)28-14-19(24(34)35)31-26(36)37-15-16-7-3-1-4-8-16/h1-13,19H,14-15H2,(H,28,33)(H,31,36)(H,34,35)(H3,27,29,30,32)/t19-/m0/s1. The summed E-state index contributed by atoms with van der Waals surface area (Å²) in [5.74, 6) is -1.26. The third kappa shape index (κ3) is 7.27. The third-order valence-corrected chi connectivity index (χ3v) is 6.25. The molecule has 4 rings (SSSR count). The summed E-state index contributed by atoms with van der Waals surface area (Å²) >= 11 is 1.15. The van der Waals surface area contributed by atoms with E-state index in [0.29, 0.717) is 21.3 Å². The smallest absolute Gasteiger partial charge is 0.408 e. The fourth-order valence-corrected chi connectivity index (χ4v) is 4.20. The minimum Gasteiger partial charge on any atom is -0.480 e. The number of nitrogens with zero attached hydrogens (tertiary/aromatic N) is 2. The van der Waals surface area contributed by atoms with Crippen molar-refractivity contribution in [1.82, 2.24) is 20.6 Å². The van der Waals surface area contributed by atoms with Gasteiger partial charge in [0.1, 0.15) is 18.5 Å². The lowest BCUT2D eigenvalue weighted by Crippen LogP contribution is -2.48. The molecule has 11 nitrogen and oxygen atoms in total. The summed E-state index contributed by atoms with van der Waals surface area (Å²) in [5.41, 5.74) is 7.98. The second kappa shape index (κ2) is 12.3. The van der Waals surface area contributed by atoms with Crippen molar-refractivity contribution in [3.63, 3.8) is 0 Å². The Bertz CT molecular complexity index is 1410. The van der Waals surface area contributed by atoms with Crippen LogP contribution in [0.5, 0.6) is 0 Å². The van der Waals surface area contributed by atoms with Gasteiger partial charge < -0.3 is 31.5 Å². The lowest BCUT2D eigenvalue weighted by molar-refractivity contribution is -0.139. The number of thiophene rings is 1. The van der Waals surface area contributed by atoms with E-state index in [-0.39, 0.29) is 19.1 Å². The molecule has 1 atom stereocenters. The van der Waals surface area contributed by atoms with E-state index in [9.17, 15) is 19.5 Å². The van der Waals surface area contributed by atoms with Gasteiger partial charge in [-0.1, -0.05) is 48.5 Å². The zero-order valence-electron chi connectivity index (χ0n) is 20.0. The number of carbonyl (C=O) groups is 3. The summed E-state index contributed by atoms with van der Waals surface area (Å²) in [4.78, 5) is 45.8. The molecule has 0 fully saturated rings. The van der Waals surface area contributed by atoms with Crippen LogP contribution >= 0.6 is 11.3 Å². The highest BCUT2D eigenvalue weighted by molar-refractivity contribution is 7.17. The van der Waals surface area contributed by atoms with Crippen molar-refractivity contribution >= 4 is 46.8 Å². The topological polar surface area (TPSA) is 169 Å². The number of rotatable bonds is 10. The van der Waals surface area contributed by atoms with Gasteiger partial charge in [0.2, 0.25) is 5.95 Å². The van der Waals surface area contributed by atoms with Gasteiger partial charge in [0.25, 0.3) is 5.91 Å². The van der Waals surface area contributed by atoms with Crippen molar-refractivity contribution in [3.8, 4) is 10.6 Å². The molecule has 6 N–H and O–H groups in total.